The van der Waals surface area contributed by atoms with Crippen molar-refractivity contribution in [3.05, 3.63) is 95.3 Å². The molecule has 138 valence electrons. The van der Waals surface area contributed by atoms with Gasteiger partial charge in [0.2, 0.25) is 0 Å². The number of H-pyrrole nitrogens is 1. The van der Waals surface area contributed by atoms with Crippen molar-refractivity contribution in [1.82, 2.24) is 9.78 Å². The second-order valence-corrected chi connectivity index (χ2v) is 6.08. The number of hydrogen-bond donors (Lipinski definition) is 1. The number of methoxy groups -OCH3 is 1. The zero-order valence-corrected chi connectivity index (χ0v) is 15.2. The lowest BCUT2D eigenvalue weighted by molar-refractivity contribution is 0.415. The first kappa shape index (κ1) is 17.5. The number of nitrogens with zero attached hydrogens (tertiary/aromatic N) is 3. The standard InChI is InChI=1S/C22H18N4O2/c1-28-19-14-8-11-17(15-19)23-24-21-20(16-9-4-2-5-10-16)25-26(22(21)27)18-12-6-3-7-13-18/h2-15,25H,1H3. The maximum absolute atomic E-state index is 13.1. The van der Waals surface area contributed by atoms with Gasteiger partial charge in [0.15, 0.2) is 5.69 Å². The van der Waals surface area contributed by atoms with E-state index in [1.807, 2.05) is 72.8 Å². The van der Waals surface area contributed by atoms with Crippen LogP contribution in [0.3, 0.4) is 0 Å². The fourth-order valence-electron chi connectivity index (χ4n) is 2.87. The lowest BCUT2D eigenvalue weighted by Gasteiger charge is -2.01. The summed E-state index contributed by atoms with van der Waals surface area (Å²) >= 11 is 0. The summed E-state index contributed by atoms with van der Waals surface area (Å²) in [6.07, 6.45) is 0. The van der Waals surface area contributed by atoms with Gasteiger partial charge < -0.3 is 4.74 Å². The van der Waals surface area contributed by atoms with Crippen molar-refractivity contribution < 1.29 is 4.74 Å². The lowest BCUT2D eigenvalue weighted by Crippen LogP contribution is -2.13. The Morgan fingerprint density at radius 1 is 0.857 bits per heavy atom. The molecule has 1 heterocycles. The molecule has 6 nitrogen and oxygen atoms in total. The Labute approximate surface area is 161 Å². The van der Waals surface area contributed by atoms with Gasteiger partial charge in [-0.15, -0.1) is 5.11 Å². The molecule has 0 aliphatic heterocycles. The highest BCUT2D eigenvalue weighted by Gasteiger charge is 2.16. The van der Waals surface area contributed by atoms with Gasteiger partial charge in [-0.1, -0.05) is 54.6 Å². The Balaban J connectivity index is 1.84. The molecule has 1 N–H and O–H groups in total. The van der Waals surface area contributed by atoms with Crippen LogP contribution in [0, 0.1) is 0 Å². The zero-order chi connectivity index (χ0) is 19.3. The predicted molar refractivity (Wildman–Crippen MR) is 109 cm³/mol. The fourth-order valence-corrected chi connectivity index (χ4v) is 2.87. The molecule has 6 heteroatoms. The normalized spacial score (nSPS) is 11.0. The van der Waals surface area contributed by atoms with E-state index in [4.69, 9.17) is 4.74 Å². The molecule has 0 aliphatic rings. The van der Waals surface area contributed by atoms with Gasteiger partial charge in [0, 0.05) is 11.6 Å². The molecule has 0 bridgehead atoms. The van der Waals surface area contributed by atoms with Crippen molar-refractivity contribution >= 4 is 11.4 Å². The van der Waals surface area contributed by atoms with Crippen LogP contribution in [-0.2, 0) is 0 Å². The maximum Gasteiger partial charge on any atom is 0.299 e. The molecule has 0 atom stereocenters. The lowest BCUT2D eigenvalue weighted by atomic mass is 10.1. The van der Waals surface area contributed by atoms with Gasteiger partial charge in [-0.2, -0.15) is 5.11 Å². The average Bonchev–Trinajstić information content (AvgIpc) is 3.10. The predicted octanol–water partition coefficient (Wildman–Crippen LogP) is 5.26. The molecule has 4 rings (SSSR count). The molecule has 3 aromatic carbocycles. The maximum atomic E-state index is 13.1. The van der Waals surface area contributed by atoms with Crippen molar-refractivity contribution in [2.75, 3.05) is 7.11 Å². The van der Waals surface area contributed by atoms with Crippen molar-refractivity contribution in [2.24, 2.45) is 10.2 Å². The molecule has 0 unspecified atom stereocenters. The van der Waals surface area contributed by atoms with Crippen LogP contribution in [0.15, 0.2) is 100.0 Å². The average molecular weight is 370 g/mol. The molecule has 0 radical (unpaired) electrons. The summed E-state index contributed by atoms with van der Waals surface area (Å²) < 4.78 is 6.69. The van der Waals surface area contributed by atoms with Crippen LogP contribution in [0.25, 0.3) is 16.9 Å². The number of aromatic amines is 1. The Bertz CT molecular complexity index is 1160. The molecule has 4 aromatic rings. The van der Waals surface area contributed by atoms with E-state index in [1.54, 1.807) is 19.2 Å². The van der Waals surface area contributed by atoms with Crippen molar-refractivity contribution in [2.45, 2.75) is 0 Å². The van der Waals surface area contributed by atoms with Crippen LogP contribution >= 0.6 is 0 Å². The third kappa shape index (κ3) is 3.48. The molecule has 28 heavy (non-hydrogen) atoms. The van der Waals surface area contributed by atoms with E-state index in [0.717, 1.165) is 11.3 Å². The summed E-state index contributed by atoms with van der Waals surface area (Å²) in [6, 6.07) is 26.2. The topological polar surface area (TPSA) is 71.7 Å². The quantitative estimate of drug-likeness (QED) is 0.487. The Morgan fingerprint density at radius 2 is 1.57 bits per heavy atom. The van der Waals surface area contributed by atoms with Crippen LogP contribution in [-0.4, -0.2) is 16.9 Å². The van der Waals surface area contributed by atoms with Crippen molar-refractivity contribution in [3.8, 4) is 22.7 Å². The summed E-state index contributed by atoms with van der Waals surface area (Å²) in [5.74, 6) is 0.676. The number of nitrogens with one attached hydrogen (secondary N) is 1. The number of hydrogen-bond acceptors (Lipinski definition) is 4. The fraction of sp³-hybridized carbons (Fsp3) is 0.0455. The second kappa shape index (κ2) is 7.75. The SMILES string of the molecule is COc1cccc(N=Nc2c(-c3ccccc3)[nH]n(-c3ccccc3)c2=O)c1. The van der Waals surface area contributed by atoms with Crippen molar-refractivity contribution in [3.63, 3.8) is 0 Å². The summed E-state index contributed by atoms with van der Waals surface area (Å²) in [6.45, 7) is 0. The van der Waals surface area contributed by atoms with E-state index >= 15 is 0 Å². The number of ether oxygens (including phenoxy) is 1. The first-order chi connectivity index (χ1) is 13.8. The summed E-state index contributed by atoms with van der Waals surface area (Å²) in [5, 5.41) is 11.7. The monoisotopic (exact) mass is 370 g/mol. The first-order valence-corrected chi connectivity index (χ1v) is 8.78. The van der Waals surface area contributed by atoms with Gasteiger partial charge in [0.25, 0.3) is 5.56 Å². The van der Waals surface area contributed by atoms with E-state index in [9.17, 15) is 4.79 Å². The van der Waals surface area contributed by atoms with Crippen LogP contribution in [0.4, 0.5) is 11.4 Å². The van der Waals surface area contributed by atoms with Gasteiger partial charge in [-0.25, -0.2) is 4.68 Å². The largest absolute Gasteiger partial charge is 0.497 e. The minimum Gasteiger partial charge on any atom is -0.497 e. The molecule has 1 aromatic heterocycles. The Kier molecular flexibility index (Phi) is 4.84. The number of para-hydroxylation sites is 1. The first-order valence-electron chi connectivity index (χ1n) is 8.78. The summed E-state index contributed by atoms with van der Waals surface area (Å²) in [4.78, 5) is 13.1. The minimum absolute atomic E-state index is 0.248. The highest BCUT2D eigenvalue weighted by Crippen LogP contribution is 2.28. The van der Waals surface area contributed by atoms with E-state index in [-0.39, 0.29) is 11.2 Å². The van der Waals surface area contributed by atoms with E-state index in [1.165, 1.54) is 4.68 Å². The second-order valence-electron chi connectivity index (χ2n) is 6.08. The zero-order valence-electron chi connectivity index (χ0n) is 15.2. The van der Waals surface area contributed by atoms with Crippen LogP contribution in [0.2, 0.25) is 0 Å². The molecule has 0 fully saturated rings. The van der Waals surface area contributed by atoms with Gasteiger partial charge in [0.05, 0.1) is 24.2 Å². The highest BCUT2D eigenvalue weighted by atomic mass is 16.5. The number of benzene rings is 3. The van der Waals surface area contributed by atoms with E-state index in [0.29, 0.717) is 17.1 Å². The van der Waals surface area contributed by atoms with E-state index in [2.05, 4.69) is 15.3 Å². The molecule has 0 saturated heterocycles. The third-order valence-electron chi connectivity index (χ3n) is 4.26. The van der Waals surface area contributed by atoms with Crippen LogP contribution in [0.1, 0.15) is 0 Å². The molecule has 0 saturated carbocycles. The van der Waals surface area contributed by atoms with Gasteiger partial charge in [-0.3, -0.25) is 9.89 Å². The summed E-state index contributed by atoms with van der Waals surface area (Å²) in [5.41, 5.74) is 2.78. The third-order valence-corrected chi connectivity index (χ3v) is 4.26. The number of azo groups is 1. The van der Waals surface area contributed by atoms with Gasteiger partial charge in [-0.05, 0) is 24.3 Å². The van der Waals surface area contributed by atoms with Crippen LogP contribution in [0.5, 0.6) is 5.75 Å². The smallest absolute Gasteiger partial charge is 0.299 e. The molecular formula is C22H18N4O2. The van der Waals surface area contributed by atoms with Gasteiger partial charge >= 0.3 is 0 Å². The van der Waals surface area contributed by atoms with Crippen LogP contribution < -0.4 is 10.3 Å². The Morgan fingerprint density at radius 3 is 2.29 bits per heavy atom. The summed E-state index contributed by atoms with van der Waals surface area (Å²) in [7, 11) is 1.59. The minimum atomic E-state index is -0.267. The molecule has 0 amide bonds. The Hall–Kier alpha value is -3.93. The molecule has 0 spiro atoms. The van der Waals surface area contributed by atoms with Crippen molar-refractivity contribution in [1.29, 1.82) is 0 Å². The van der Waals surface area contributed by atoms with E-state index < -0.39 is 0 Å². The highest BCUT2D eigenvalue weighted by molar-refractivity contribution is 5.71. The number of aromatic nitrogens is 2. The molecule has 0 aliphatic carbocycles. The van der Waals surface area contributed by atoms with Gasteiger partial charge in [0.1, 0.15) is 5.75 Å². The molecular weight excluding hydrogens is 352 g/mol. The number of rotatable bonds is 5.